The first-order chi connectivity index (χ1) is 10.2. The summed E-state index contributed by atoms with van der Waals surface area (Å²) >= 11 is 0. The minimum atomic E-state index is -0.337. The van der Waals surface area contributed by atoms with Crippen molar-refractivity contribution in [3.05, 3.63) is 35.1 Å². The standard InChI is InChI=1S/C16H22FNO3/c1-21-9-6-18(5-8-20)13-15-10-14(4-2-3-7-19)11-16(17)12-15/h10-12,19-20H,3,5-9,13H2,1H3. The van der Waals surface area contributed by atoms with Crippen LogP contribution in [-0.4, -0.2) is 55.1 Å². The van der Waals surface area contributed by atoms with Crippen LogP contribution in [0.4, 0.5) is 4.39 Å². The molecule has 0 bridgehead atoms. The molecule has 0 radical (unpaired) electrons. The third kappa shape index (κ3) is 7.21. The van der Waals surface area contributed by atoms with Crippen molar-refractivity contribution in [2.24, 2.45) is 0 Å². The first-order valence-corrected chi connectivity index (χ1v) is 6.91. The van der Waals surface area contributed by atoms with Crippen molar-refractivity contribution in [1.29, 1.82) is 0 Å². The molecule has 21 heavy (non-hydrogen) atoms. The number of benzene rings is 1. The lowest BCUT2D eigenvalue weighted by Crippen LogP contribution is -2.29. The van der Waals surface area contributed by atoms with Crippen molar-refractivity contribution >= 4 is 0 Å². The van der Waals surface area contributed by atoms with Gasteiger partial charge in [-0.2, -0.15) is 0 Å². The van der Waals surface area contributed by atoms with Crippen molar-refractivity contribution in [2.75, 3.05) is 40.0 Å². The van der Waals surface area contributed by atoms with Gasteiger partial charge in [0.15, 0.2) is 0 Å². The maximum atomic E-state index is 13.6. The van der Waals surface area contributed by atoms with Crippen LogP contribution >= 0.6 is 0 Å². The van der Waals surface area contributed by atoms with Gasteiger partial charge in [-0.05, 0) is 23.8 Å². The van der Waals surface area contributed by atoms with Crippen molar-refractivity contribution in [3.63, 3.8) is 0 Å². The third-order valence-electron chi connectivity index (χ3n) is 2.86. The zero-order valence-corrected chi connectivity index (χ0v) is 12.3. The number of rotatable bonds is 8. The number of aliphatic hydroxyl groups excluding tert-OH is 2. The van der Waals surface area contributed by atoms with Gasteiger partial charge in [0.2, 0.25) is 0 Å². The summed E-state index contributed by atoms with van der Waals surface area (Å²) in [7, 11) is 1.62. The molecule has 0 atom stereocenters. The second kappa shape index (κ2) is 10.3. The van der Waals surface area contributed by atoms with Gasteiger partial charge in [-0.15, -0.1) is 0 Å². The minimum Gasteiger partial charge on any atom is -0.395 e. The van der Waals surface area contributed by atoms with Crippen LogP contribution in [0, 0.1) is 17.7 Å². The quantitative estimate of drug-likeness (QED) is 0.703. The van der Waals surface area contributed by atoms with E-state index in [2.05, 4.69) is 11.8 Å². The number of methoxy groups -OCH3 is 1. The molecular formula is C16H22FNO3. The average molecular weight is 295 g/mol. The molecular weight excluding hydrogens is 273 g/mol. The molecule has 0 fully saturated rings. The van der Waals surface area contributed by atoms with E-state index in [1.807, 2.05) is 11.0 Å². The first-order valence-electron chi connectivity index (χ1n) is 6.91. The van der Waals surface area contributed by atoms with Gasteiger partial charge in [0, 0.05) is 38.7 Å². The van der Waals surface area contributed by atoms with E-state index >= 15 is 0 Å². The highest BCUT2D eigenvalue weighted by Gasteiger charge is 2.07. The fourth-order valence-electron chi connectivity index (χ4n) is 1.92. The number of ether oxygens (including phenoxy) is 1. The van der Waals surface area contributed by atoms with Crippen LogP contribution in [-0.2, 0) is 11.3 Å². The van der Waals surface area contributed by atoms with Crippen molar-refractivity contribution in [3.8, 4) is 11.8 Å². The lowest BCUT2D eigenvalue weighted by molar-refractivity contribution is 0.127. The predicted octanol–water partition coefficient (Wildman–Crippen LogP) is 1.00. The maximum absolute atomic E-state index is 13.6. The average Bonchev–Trinajstić information content (AvgIpc) is 2.45. The van der Waals surface area contributed by atoms with E-state index < -0.39 is 0 Å². The van der Waals surface area contributed by atoms with Crippen LogP contribution in [0.2, 0.25) is 0 Å². The normalized spacial score (nSPS) is 10.5. The predicted molar refractivity (Wildman–Crippen MR) is 79.2 cm³/mol. The Morgan fingerprint density at radius 2 is 2.00 bits per heavy atom. The van der Waals surface area contributed by atoms with Crippen LogP contribution in [0.25, 0.3) is 0 Å². The highest BCUT2D eigenvalue weighted by molar-refractivity contribution is 5.37. The molecule has 116 valence electrons. The Morgan fingerprint density at radius 1 is 1.19 bits per heavy atom. The van der Waals surface area contributed by atoms with E-state index in [-0.39, 0.29) is 19.0 Å². The van der Waals surface area contributed by atoms with Crippen LogP contribution in [0.1, 0.15) is 17.5 Å². The van der Waals surface area contributed by atoms with Gasteiger partial charge >= 0.3 is 0 Å². The molecule has 0 aliphatic heterocycles. The number of nitrogens with zero attached hydrogens (tertiary/aromatic N) is 1. The molecule has 0 saturated heterocycles. The Labute approximate surface area is 125 Å². The van der Waals surface area contributed by atoms with Crippen LogP contribution < -0.4 is 0 Å². The molecule has 1 aromatic carbocycles. The minimum absolute atomic E-state index is 0.00350. The van der Waals surface area contributed by atoms with Gasteiger partial charge in [-0.1, -0.05) is 11.8 Å². The number of aliphatic hydroxyl groups is 2. The summed E-state index contributed by atoms with van der Waals surface area (Å²) in [4.78, 5) is 1.99. The Hall–Kier alpha value is -1.45. The Balaban J connectivity index is 2.78. The molecule has 1 rings (SSSR count). The summed E-state index contributed by atoms with van der Waals surface area (Å²) in [6, 6.07) is 4.67. The highest BCUT2D eigenvalue weighted by Crippen LogP contribution is 2.11. The Bertz CT molecular complexity index is 482. The zero-order valence-electron chi connectivity index (χ0n) is 12.3. The smallest absolute Gasteiger partial charge is 0.124 e. The largest absolute Gasteiger partial charge is 0.395 e. The SMILES string of the molecule is COCCN(CCO)Cc1cc(F)cc(C#CCCO)c1. The molecule has 0 aromatic heterocycles. The summed E-state index contributed by atoms with van der Waals surface area (Å²) in [6.45, 7) is 2.29. The molecule has 0 unspecified atom stereocenters. The van der Waals surface area contributed by atoms with Crippen LogP contribution in [0.15, 0.2) is 18.2 Å². The van der Waals surface area contributed by atoms with Gasteiger partial charge in [-0.25, -0.2) is 4.39 Å². The van der Waals surface area contributed by atoms with Gasteiger partial charge in [0.05, 0.1) is 19.8 Å². The van der Waals surface area contributed by atoms with Crippen molar-refractivity contribution in [2.45, 2.75) is 13.0 Å². The second-order valence-electron chi connectivity index (χ2n) is 4.62. The molecule has 0 amide bonds. The summed E-state index contributed by atoms with van der Waals surface area (Å²) in [5.41, 5.74) is 1.39. The monoisotopic (exact) mass is 295 g/mol. The van der Waals surface area contributed by atoms with Gasteiger partial charge in [-0.3, -0.25) is 4.90 Å². The van der Waals surface area contributed by atoms with E-state index in [1.165, 1.54) is 12.1 Å². The summed E-state index contributed by atoms with van der Waals surface area (Å²) in [6.07, 6.45) is 0.371. The fraction of sp³-hybridized carbons (Fsp3) is 0.500. The molecule has 2 N–H and O–H groups in total. The van der Waals surface area contributed by atoms with Gasteiger partial charge in [0.1, 0.15) is 5.82 Å². The lowest BCUT2D eigenvalue weighted by atomic mass is 10.1. The topological polar surface area (TPSA) is 52.9 Å². The molecule has 5 heteroatoms. The molecule has 4 nitrogen and oxygen atoms in total. The lowest BCUT2D eigenvalue weighted by Gasteiger charge is -2.21. The van der Waals surface area contributed by atoms with Gasteiger partial charge in [0.25, 0.3) is 0 Å². The van der Waals surface area contributed by atoms with E-state index in [1.54, 1.807) is 7.11 Å². The number of hydrogen-bond donors (Lipinski definition) is 2. The molecule has 0 spiro atoms. The molecule has 0 aliphatic rings. The molecule has 1 aromatic rings. The van der Waals surface area contributed by atoms with Gasteiger partial charge < -0.3 is 14.9 Å². The first kappa shape index (κ1) is 17.6. The maximum Gasteiger partial charge on any atom is 0.124 e. The van der Waals surface area contributed by atoms with E-state index in [4.69, 9.17) is 14.9 Å². The van der Waals surface area contributed by atoms with Crippen LogP contribution in [0.3, 0.4) is 0 Å². The second-order valence-corrected chi connectivity index (χ2v) is 4.62. The summed E-state index contributed by atoms with van der Waals surface area (Å²) < 4.78 is 18.6. The Kier molecular flexibility index (Phi) is 8.63. The Morgan fingerprint density at radius 3 is 2.67 bits per heavy atom. The van der Waals surface area contributed by atoms with Crippen molar-refractivity contribution in [1.82, 2.24) is 4.90 Å². The highest BCUT2D eigenvalue weighted by atomic mass is 19.1. The van der Waals surface area contributed by atoms with E-state index in [0.29, 0.717) is 38.2 Å². The van der Waals surface area contributed by atoms with E-state index in [0.717, 1.165) is 5.56 Å². The molecule has 0 saturated carbocycles. The summed E-state index contributed by atoms with van der Waals surface area (Å²) in [5, 5.41) is 17.8. The molecule has 0 heterocycles. The van der Waals surface area contributed by atoms with E-state index in [9.17, 15) is 4.39 Å². The zero-order chi connectivity index (χ0) is 15.5. The van der Waals surface area contributed by atoms with Crippen molar-refractivity contribution < 1.29 is 19.3 Å². The number of hydrogen-bond acceptors (Lipinski definition) is 4. The summed E-state index contributed by atoms with van der Waals surface area (Å²) in [5.74, 6) is 5.27. The molecule has 0 aliphatic carbocycles. The number of halogens is 1. The fourth-order valence-corrected chi connectivity index (χ4v) is 1.92. The third-order valence-corrected chi connectivity index (χ3v) is 2.86. The van der Waals surface area contributed by atoms with Crippen LogP contribution in [0.5, 0.6) is 0 Å².